The average Bonchev–Trinajstić information content (AvgIpc) is 2.13. The number of ether oxygens (including phenoxy) is 1. The molecule has 8 heteroatoms. The zero-order valence-corrected chi connectivity index (χ0v) is 9.09. The van der Waals surface area contributed by atoms with Crippen LogP contribution < -0.4 is 10.2 Å². The lowest BCUT2D eigenvalue weighted by molar-refractivity contribution is -0.139. The van der Waals surface area contributed by atoms with E-state index in [1.165, 1.54) is 6.20 Å². The summed E-state index contributed by atoms with van der Waals surface area (Å²) in [4.78, 5) is 24.2. The van der Waals surface area contributed by atoms with Crippen LogP contribution in [0.4, 0.5) is 0 Å². The Morgan fingerprint density at radius 1 is 1.56 bits per heavy atom. The Balaban J connectivity index is 0. The van der Waals surface area contributed by atoms with Crippen LogP contribution in [-0.2, 0) is 4.79 Å². The molecule has 1 rings (SSSR count). The summed E-state index contributed by atoms with van der Waals surface area (Å²) >= 11 is 5.63. The Bertz CT molecular complexity index is 415. The first-order chi connectivity index (χ1) is 6.52. The first-order valence-corrected chi connectivity index (χ1v) is 4.12. The molecule has 0 saturated heterocycles. The third-order valence-electron chi connectivity index (χ3n) is 1.52. The standard InChI is InChI=1S/C8H8ClNO4.2H2O/c1-4-7(9)8(13)5(2-10-4)14-3-6(11)12;;/h2H,3H2,1H3,(H,10,13)(H,11,12);2*1H2. The molecule has 92 valence electrons. The third kappa shape index (κ3) is 3.89. The summed E-state index contributed by atoms with van der Waals surface area (Å²) < 4.78 is 4.71. The molecular formula is C8H12ClNO6. The van der Waals surface area contributed by atoms with Gasteiger partial charge in [-0.25, -0.2) is 4.79 Å². The Labute approximate surface area is 95.2 Å². The predicted octanol–water partition coefficient (Wildman–Crippen LogP) is -0.849. The second-order valence-corrected chi connectivity index (χ2v) is 2.98. The van der Waals surface area contributed by atoms with Gasteiger partial charge in [-0.15, -0.1) is 0 Å². The number of hydrogen-bond acceptors (Lipinski definition) is 3. The van der Waals surface area contributed by atoms with Crippen LogP contribution in [0.1, 0.15) is 5.69 Å². The molecule has 1 aromatic heterocycles. The molecule has 0 aromatic carbocycles. The second kappa shape index (κ2) is 6.83. The summed E-state index contributed by atoms with van der Waals surface area (Å²) in [6, 6.07) is 0. The van der Waals surface area contributed by atoms with Crippen molar-refractivity contribution in [2.45, 2.75) is 6.92 Å². The summed E-state index contributed by atoms with van der Waals surface area (Å²) in [6.07, 6.45) is 1.28. The van der Waals surface area contributed by atoms with Crippen molar-refractivity contribution in [3.63, 3.8) is 0 Å². The normalized spacial score (nSPS) is 8.62. The summed E-state index contributed by atoms with van der Waals surface area (Å²) in [5.41, 5.74) is 0.00325. The maximum absolute atomic E-state index is 11.3. The molecule has 0 aliphatic heterocycles. The first kappa shape index (κ1) is 16.8. The van der Waals surface area contributed by atoms with Gasteiger partial charge in [0, 0.05) is 11.9 Å². The minimum absolute atomic E-state index is 0. The zero-order chi connectivity index (χ0) is 10.7. The number of halogens is 1. The van der Waals surface area contributed by atoms with E-state index in [-0.39, 0.29) is 21.7 Å². The minimum atomic E-state index is -1.15. The number of aliphatic carboxylic acids is 1. The molecule has 6 N–H and O–H groups in total. The highest BCUT2D eigenvalue weighted by Gasteiger charge is 2.08. The second-order valence-electron chi connectivity index (χ2n) is 2.60. The van der Waals surface area contributed by atoms with Gasteiger partial charge in [-0.3, -0.25) is 4.79 Å². The van der Waals surface area contributed by atoms with E-state index in [2.05, 4.69) is 4.98 Å². The number of aromatic nitrogens is 1. The summed E-state index contributed by atoms with van der Waals surface area (Å²) in [6.45, 7) is 1.06. The van der Waals surface area contributed by atoms with Crippen LogP contribution in [0.15, 0.2) is 11.0 Å². The van der Waals surface area contributed by atoms with Crippen molar-refractivity contribution in [1.29, 1.82) is 0 Å². The quantitative estimate of drug-likeness (QED) is 0.723. The highest BCUT2D eigenvalue weighted by Crippen LogP contribution is 2.11. The van der Waals surface area contributed by atoms with Gasteiger partial charge >= 0.3 is 5.97 Å². The highest BCUT2D eigenvalue weighted by molar-refractivity contribution is 6.31. The number of carbonyl (C=O) groups is 1. The van der Waals surface area contributed by atoms with Crippen LogP contribution in [0.3, 0.4) is 0 Å². The average molecular weight is 254 g/mol. The summed E-state index contributed by atoms with van der Waals surface area (Å²) in [5.74, 6) is -1.25. The van der Waals surface area contributed by atoms with Gasteiger partial charge in [0.1, 0.15) is 5.02 Å². The van der Waals surface area contributed by atoms with Crippen molar-refractivity contribution in [2.24, 2.45) is 0 Å². The molecule has 0 unspecified atom stereocenters. The number of nitrogens with one attached hydrogen (secondary N) is 1. The van der Waals surface area contributed by atoms with E-state index in [1.807, 2.05) is 0 Å². The molecule has 0 aliphatic carbocycles. The lowest BCUT2D eigenvalue weighted by Gasteiger charge is -2.03. The fourth-order valence-corrected chi connectivity index (χ4v) is 0.976. The summed E-state index contributed by atoms with van der Waals surface area (Å²) in [7, 11) is 0. The van der Waals surface area contributed by atoms with E-state index >= 15 is 0 Å². The highest BCUT2D eigenvalue weighted by atomic mass is 35.5. The molecular weight excluding hydrogens is 242 g/mol. The number of H-pyrrole nitrogens is 1. The number of aryl methyl sites for hydroxylation is 1. The molecule has 7 nitrogen and oxygen atoms in total. The van der Waals surface area contributed by atoms with Crippen molar-refractivity contribution in [3.05, 3.63) is 27.1 Å². The van der Waals surface area contributed by atoms with Crippen LogP contribution >= 0.6 is 11.6 Å². The van der Waals surface area contributed by atoms with Crippen molar-refractivity contribution in [2.75, 3.05) is 6.61 Å². The van der Waals surface area contributed by atoms with Crippen LogP contribution in [0.5, 0.6) is 5.75 Å². The van der Waals surface area contributed by atoms with Gasteiger partial charge in [-0.05, 0) is 6.92 Å². The SMILES string of the molecule is Cc1[nH]cc(OCC(=O)O)c(=O)c1Cl.O.O. The molecule has 1 heterocycles. The first-order valence-electron chi connectivity index (χ1n) is 3.74. The van der Waals surface area contributed by atoms with E-state index in [0.717, 1.165) is 0 Å². The lowest BCUT2D eigenvalue weighted by atomic mass is 10.3. The van der Waals surface area contributed by atoms with Crippen LogP contribution in [0.25, 0.3) is 0 Å². The monoisotopic (exact) mass is 253 g/mol. The maximum Gasteiger partial charge on any atom is 0.341 e. The number of carboxylic acid groups (broad SMARTS) is 1. The zero-order valence-electron chi connectivity index (χ0n) is 8.33. The Kier molecular flexibility index (Phi) is 7.19. The molecule has 0 fully saturated rings. The molecule has 0 radical (unpaired) electrons. The van der Waals surface area contributed by atoms with Crippen molar-refractivity contribution in [1.82, 2.24) is 4.98 Å². The topological polar surface area (TPSA) is 142 Å². The molecule has 0 atom stereocenters. The van der Waals surface area contributed by atoms with E-state index < -0.39 is 18.0 Å². The predicted molar refractivity (Wildman–Crippen MR) is 57.2 cm³/mol. The number of pyridine rings is 1. The van der Waals surface area contributed by atoms with Gasteiger partial charge in [0.2, 0.25) is 5.43 Å². The molecule has 0 aliphatic rings. The van der Waals surface area contributed by atoms with Gasteiger partial charge < -0.3 is 25.8 Å². The van der Waals surface area contributed by atoms with E-state index in [9.17, 15) is 9.59 Å². The van der Waals surface area contributed by atoms with Crippen molar-refractivity contribution >= 4 is 17.6 Å². The minimum Gasteiger partial charge on any atom is -0.479 e. The molecule has 16 heavy (non-hydrogen) atoms. The third-order valence-corrected chi connectivity index (χ3v) is 1.98. The smallest absolute Gasteiger partial charge is 0.341 e. The van der Waals surface area contributed by atoms with Gasteiger partial charge in [0.15, 0.2) is 12.4 Å². The molecule has 0 bridgehead atoms. The number of rotatable bonds is 3. The maximum atomic E-state index is 11.3. The number of hydrogen-bond donors (Lipinski definition) is 2. The summed E-state index contributed by atoms with van der Waals surface area (Å²) in [5, 5.41) is 8.33. The van der Waals surface area contributed by atoms with Crippen molar-refractivity contribution in [3.8, 4) is 5.75 Å². The Morgan fingerprint density at radius 2 is 2.12 bits per heavy atom. The van der Waals surface area contributed by atoms with E-state index in [4.69, 9.17) is 21.4 Å². The molecule has 0 spiro atoms. The lowest BCUT2D eigenvalue weighted by Crippen LogP contribution is -2.16. The molecule has 0 amide bonds. The largest absolute Gasteiger partial charge is 0.479 e. The Hall–Kier alpha value is -1.57. The van der Waals surface area contributed by atoms with Gasteiger partial charge in [0.05, 0.1) is 0 Å². The fraction of sp³-hybridized carbons (Fsp3) is 0.250. The Morgan fingerprint density at radius 3 is 2.62 bits per heavy atom. The van der Waals surface area contributed by atoms with E-state index in [1.54, 1.807) is 6.92 Å². The number of aromatic amines is 1. The number of carboxylic acids is 1. The van der Waals surface area contributed by atoms with Crippen LogP contribution in [0, 0.1) is 6.92 Å². The van der Waals surface area contributed by atoms with Crippen LogP contribution in [-0.4, -0.2) is 33.6 Å². The molecule has 1 aromatic rings. The van der Waals surface area contributed by atoms with Crippen LogP contribution in [0.2, 0.25) is 5.02 Å². The van der Waals surface area contributed by atoms with Gasteiger partial charge in [-0.2, -0.15) is 0 Å². The molecule has 0 saturated carbocycles. The van der Waals surface area contributed by atoms with Gasteiger partial charge in [0.25, 0.3) is 0 Å². The fourth-order valence-electron chi connectivity index (χ4n) is 0.828. The van der Waals surface area contributed by atoms with Crippen molar-refractivity contribution < 1.29 is 25.6 Å². The van der Waals surface area contributed by atoms with Gasteiger partial charge in [-0.1, -0.05) is 11.6 Å². The van der Waals surface area contributed by atoms with E-state index in [0.29, 0.717) is 5.69 Å².